The predicted molar refractivity (Wildman–Crippen MR) is 67.7 cm³/mol. The number of hydrogen-bond donors (Lipinski definition) is 1. The number of halogens is 2. The van der Waals surface area contributed by atoms with Crippen LogP contribution in [0.1, 0.15) is 6.42 Å². The fourth-order valence-electron chi connectivity index (χ4n) is 1.28. The van der Waals surface area contributed by atoms with E-state index in [-0.39, 0.29) is 27.3 Å². The van der Waals surface area contributed by atoms with Crippen LogP contribution in [0.4, 0.5) is 0 Å². The van der Waals surface area contributed by atoms with Gasteiger partial charge >= 0.3 is 35.0 Å². The van der Waals surface area contributed by atoms with Gasteiger partial charge in [0.05, 0.1) is 6.61 Å². The molecule has 2 radical (unpaired) electrons. The minimum atomic E-state index is -2.84. The molecule has 4 nitrogen and oxygen atoms in total. The third-order valence-corrected chi connectivity index (χ3v) is 4.60. The molecule has 0 aromatic rings. The summed E-state index contributed by atoms with van der Waals surface area (Å²) < 4.78 is 19.2. The summed E-state index contributed by atoms with van der Waals surface area (Å²) in [6.07, 6.45) is 0.888. The van der Waals surface area contributed by atoms with Crippen molar-refractivity contribution in [3.8, 4) is 0 Å². The van der Waals surface area contributed by atoms with Crippen molar-refractivity contribution in [2.45, 2.75) is 6.42 Å². The summed E-state index contributed by atoms with van der Waals surface area (Å²) >= 11 is 11.2. The van der Waals surface area contributed by atoms with Crippen LogP contribution in [0, 0.1) is 0 Å². The van der Waals surface area contributed by atoms with Gasteiger partial charge in [-0.2, -0.15) is 0 Å². The third kappa shape index (κ3) is 5.19. The molecule has 1 N–H and O–H groups in total. The van der Waals surface area contributed by atoms with Gasteiger partial charge in [0.25, 0.3) is 0 Å². The maximum absolute atomic E-state index is 12.2. The zero-order chi connectivity index (χ0) is 10.4. The second kappa shape index (κ2) is 8.67. The van der Waals surface area contributed by atoms with E-state index < -0.39 is 7.67 Å². The van der Waals surface area contributed by atoms with E-state index >= 15 is 0 Å². The summed E-state index contributed by atoms with van der Waals surface area (Å²) in [5.41, 5.74) is 0. The van der Waals surface area contributed by atoms with E-state index in [2.05, 4.69) is 5.09 Å². The van der Waals surface area contributed by atoms with Crippen LogP contribution in [0.2, 0.25) is 0 Å². The quantitative estimate of drug-likeness (QED) is 0.370. The molecule has 1 aliphatic heterocycles. The van der Waals surface area contributed by atoms with Crippen LogP contribution in [0.5, 0.6) is 0 Å². The van der Waals surface area contributed by atoms with Crippen LogP contribution in [0.25, 0.3) is 0 Å². The van der Waals surface area contributed by atoms with E-state index in [0.717, 1.165) is 13.0 Å². The van der Waals surface area contributed by atoms with Crippen molar-refractivity contribution >= 4 is 58.2 Å². The molecule has 0 aromatic carbocycles. The Bertz CT molecular complexity index is 207. The van der Waals surface area contributed by atoms with E-state index in [1.54, 1.807) is 4.67 Å². The van der Waals surface area contributed by atoms with Crippen molar-refractivity contribution < 1.29 is 9.09 Å². The number of hydrogen-bond acceptors (Lipinski definition) is 2. The molecule has 1 heterocycles. The van der Waals surface area contributed by atoms with Gasteiger partial charge in [0.1, 0.15) is 0 Å². The van der Waals surface area contributed by atoms with Gasteiger partial charge in [0.15, 0.2) is 0 Å². The second-order valence-corrected chi connectivity index (χ2v) is 5.88. The molecule has 1 atom stereocenters. The monoisotopic (exact) mass is 470 g/mol. The first kappa shape index (κ1) is 16.6. The normalized spacial score (nSPS) is 26.3. The molecule has 0 spiro atoms. The van der Waals surface area contributed by atoms with Crippen LogP contribution in [0.3, 0.4) is 0 Å². The molecule has 1 unspecified atom stereocenters. The summed E-state index contributed by atoms with van der Waals surface area (Å²) in [6, 6.07) is 0. The fourth-order valence-corrected chi connectivity index (χ4v) is 3.92. The van der Waals surface area contributed by atoms with Gasteiger partial charge in [-0.05, 0) is 6.42 Å². The third-order valence-electron chi connectivity index (χ3n) is 1.96. The van der Waals surface area contributed by atoms with Crippen LogP contribution in [0.15, 0.2) is 0 Å². The fraction of sp³-hybridized carbons (Fsp3) is 1.00. The first-order chi connectivity index (χ1) is 6.73. The van der Waals surface area contributed by atoms with Crippen molar-refractivity contribution in [1.29, 1.82) is 0 Å². The molecule has 0 amide bonds. The molecule has 8 heteroatoms. The summed E-state index contributed by atoms with van der Waals surface area (Å²) in [5.74, 6) is 0.845. The second-order valence-electron chi connectivity index (χ2n) is 2.95. The van der Waals surface area contributed by atoms with Crippen molar-refractivity contribution in [2.24, 2.45) is 0 Å². The maximum atomic E-state index is 12.2. The zero-order valence-corrected chi connectivity index (χ0v) is 16.5. The van der Waals surface area contributed by atoms with Crippen molar-refractivity contribution in [2.75, 3.05) is 38.0 Å². The van der Waals surface area contributed by atoms with Crippen LogP contribution >= 0.6 is 30.9 Å². The average molecular weight is 470 g/mol. The molecular weight excluding hydrogens is 453 g/mol. The SMILES string of the molecule is O=P1(N(CCCl)CCCl)NCCCO1.[PbH2]. The Balaban J connectivity index is 0.00000196. The summed E-state index contributed by atoms with van der Waals surface area (Å²) in [5, 5.41) is 2.91. The molecular formula is C7H17Cl2N2O2PPb. The first-order valence-corrected chi connectivity index (χ1v) is 7.24. The van der Waals surface area contributed by atoms with E-state index in [4.69, 9.17) is 27.7 Å². The van der Waals surface area contributed by atoms with Crippen molar-refractivity contribution in [3.63, 3.8) is 0 Å². The Labute approximate surface area is 121 Å². The number of alkyl halides is 2. The molecule has 1 rings (SSSR count). The molecule has 0 bridgehead atoms. The van der Waals surface area contributed by atoms with Crippen molar-refractivity contribution in [1.82, 2.24) is 9.76 Å². The molecule has 90 valence electrons. The van der Waals surface area contributed by atoms with Gasteiger partial charge in [0.2, 0.25) is 0 Å². The Morgan fingerprint density at radius 3 is 2.33 bits per heavy atom. The topological polar surface area (TPSA) is 41.6 Å². The first-order valence-electron chi connectivity index (χ1n) is 4.60. The van der Waals surface area contributed by atoms with Crippen LogP contribution in [-0.4, -0.2) is 70.0 Å². The van der Waals surface area contributed by atoms with E-state index in [9.17, 15) is 4.57 Å². The Kier molecular flexibility index (Phi) is 9.60. The van der Waals surface area contributed by atoms with Gasteiger partial charge < -0.3 is 4.52 Å². The molecule has 0 aromatic heterocycles. The summed E-state index contributed by atoms with van der Waals surface area (Å²) in [4.78, 5) is 0. The van der Waals surface area contributed by atoms with Gasteiger partial charge in [-0.3, -0.25) is 4.57 Å². The van der Waals surface area contributed by atoms with Crippen molar-refractivity contribution in [3.05, 3.63) is 0 Å². The zero-order valence-electron chi connectivity index (χ0n) is 8.62. The van der Waals surface area contributed by atoms with E-state index in [1.807, 2.05) is 0 Å². The standard InChI is InChI=1S/C7H15Cl2N2O2P.Pb.2H/c8-2-5-11(6-3-9)14(12)10-4-1-7-13-14;;;/h1-7H2,(H,10,12);;;. The van der Waals surface area contributed by atoms with Gasteiger partial charge in [0, 0.05) is 31.4 Å². The minimum absolute atomic E-state index is 0. The molecule has 1 aliphatic rings. The van der Waals surface area contributed by atoms with Gasteiger partial charge in [-0.25, -0.2) is 9.76 Å². The Morgan fingerprint density at radius 1 is 1.33 bits per heavy atom. The molecule has 0 aliphatic carbocycles. The molecule has 15 heavy (non-hydrogen) atoms. The molecule has 1 fully saturated rings. The Hall–Kier alpha value is 1.61. The predicted octanol–water partition coefficient (Wildman–Crippen LogP) is 0.968. The molecule has 1 saturated heterocycles. The Morgan fingerprint density at radius 2 is 1.93 bits per heavy atom. The number of rotatable bonds is 5. The van der Waals surface area contributed by atoms with Crippen LogP contribution < -0.4 is 5.09 Å². The molecule has 0 saturated carbocycles. The summed E-state index contributed by atoms with van der Waals surface area (Å²) in [6.45, 7) is 2.31. The number of nitrogens with one attached hydrogen (secondary N) is 1. The van der Waals surface area contributed by atoms with E-state index in [0.29, 0.717) is 31.5 Å². The average Bonchev–Trinajstić information content (AvgIpc) is 2.19. The number of nitrogens with zero attached hydrogens (tertiary/aromatic N) is 1. The van der Waals surface area contributed by atoms with Gasteiger partial charge in [-0.15, -0.1) is 23.2 Å². The van der Waals surface area contributed by atoms with Crippen LogP contribution in [-0.2, 0) is 9.09 Å². The summed E-state index contributed by atoms with van der Waals surface area (Å²) in [7, 11) is -2.84. The van der Waals surface area contributed by atoms with E-state index in [1.165, 1.54) is 0 Å². The van der Waals surface area contributed by atoms with Gasteiger partial charge in [-0.1, -0.05) is 0 Å².